The number of hydrazone groups is 1. The SMILES string of the molecule is O=C(NN=Cc1ccco1)c1ccc2ccccc2c1. The van der Waals surface area contributed by atoms with E-state index in [4.69, 9.17) is 4.42 Å². The van der Waals surface area contributed by atoms with Crippen LogP contribution in [0.3, 0.4) is 0 Å². The number of nitrogens with zero attached hydrogens (tertiary/aromatic N) is 1. The molecule has 0 fully saturated rings. The van der Waals surface area contributed by atoms with E-state index < -0.39 is 0 Å². The van der Waals surface area contributed by atoms with Crippen molar-refractivity contribution < 1.29 is 9.21 Å². The van der Waals surface area contributed by atoms with Crippen LogP contribution in [0.5, 0.6) is 0 Å². The molecule has 0 aliphatic carbocycles. The molecule has 3 rings (SSSR count). The van der Waals surface area contributed by atoms with Crippen molar-refractivity contribution in [2.45, 2.75) is 0 Å². The zero-order valence-electron chi connectivity index (χ0n) is 10.6. The van der Waals surface area contributed by atoms with Crippen molar-refractivity contribution >= 4 is 22.9 Å². The van der Waals surface area contributed by atoms with Crippen LogP contribution in [0.2, 0.25) is 0 Å². The maximum Gasteiger partial charge on any atom is 0.271 e. The number of furan rings is 1. The second kappa shape index (κ2) is 5.40. The molecule has 4 nitrogen and oxygen atoms in total. The minimum atomic E-state index is -0.251. The summed E-state index contributed by atoms with van der Waals surface area (Å²) in [6.07, 6.45) is 3.01. The van der Waals surface area contributed by atoms with Gasteiger partial charge < -0.3 is 4.42 Å². The first-order valence-electron chi connectivity index (χ1n) is 6.19. The molecule has 2 aromatic carbocycles. The Bertz CT molecular complexity index is 761. The fourth-order valence-electron chi connectivity index (χ4n) is 1.91. The predicted molar refractivity (Wildman–Crippen MR) is 77.7 cm³/mol. The van der Waals surface area contributed by atoms with Gasteiger partial charge in [-0.1, -0.05) is 30.3 Å². The molecule has 98 valence electrons. The average molecular weight is 264 g/mol. The highest BCUT2D eigenvalue weighted by Crippen LogP contribution is 2.15. The van der Waals surface area contributed by atoms with Crippen molar-refractivity contribution in [3.8, 4) is 0 Å². The molecular weight excluding hydrogens is 252 g/mol. The normalized spacial score (nSPS) is 11.0. The van der Waals surface area contributed by atoms with E-state index in [1.807, 2.05) is 36.4 Å². The van der Waals surface area contributed by atoms with Crippen molar-refractivity contribution in [2.24, 2.45) is 5.10 Å². The first kappa shape index (κ1) is 12.2. The summed E-state index contributed by atoms with van der Waals surface area (Å²) in [5.41, 5.74) is 3.04. The maximum atomic E-state index is 12.0. The summed E-state index contributed by atoms with van der Waals surface area (Å²) >= 11 is 0. The smallest absolute Gasteiger partial charge is 0.271 e. The largest absolute Gasteiger partial charge is 0.463 e. The zero-order valence-corrected chi connectivity index (χ0v) is 10.6. The standard InChI is InChI=1S/C16H12N2O2/c19-16(18-17-11-15-6-3-9-20-15)14-8-7-12-4-1-2-5-13(12)10-14/h1-11H,(H,18,19). The third-order valence-electron chi connectivity index (χ3n) is 2.91. The number of hydrogen-bond acceptors (Lipinski definition) is 3. The van der Waals surface area contributed by atoms with Gasteiger partial charge in [0.2, 0.25) is 0 Å². The van der Waals surface area contributed by atoms with Crippen LogP contribution in [-0.2, 0) is 0 Å². The molecule has 0 radical (unpaired) electrons. The molecule has 4 heteroatoms. The Morgan fingerprint density at radius 2 is 1.90 bits per heavy atom. The lowest BCUT2D eigenvalue weighted by Gasteiger charge is -2.02. The van der Waals surface area contributed by atoms with Gasteiger partial charge in [0.15, 0.2) is 0 Å². The molecule has 1 heterocycles. The van der Waals surface area contributed by atoms with Gasteiger partial charge in [0, 0.05) is 5.56 Å². The van der Waals surface area contributed by atoms with Gasteiger partial charge in [0.25, 0.3) is 5.91 Å². The van der Waals surface area contributed by atoms with E-state index in [0.29, 0.717) is 11.3 Å². The quantitative estimate of drug-likeness (QED) is 0.583. The van der Waals surface area contributed by atoms with Crippen molar-refractivity contribution in [3.63, 3.8) is 0 Å². The Morgan fingerprint density at radius 1 is 1.05 bits per heavy atom. The Hall–Kier alpha value is -2.88. The molecule has 0 saturated carbocycles. The highest BCUT2D eigenvalue weighted by Gasteiger charge is 2.04. The summed E-state index contributed by atoms with van der Waals surface area (Å²) in [6, 6.07) is 16.9. The van der Waals surface area contributed by atoms with Crippen molar-refractivity contribution in [1.29, 1.82) is 0 Å². The summed E-state index contributed by atoms with van der Waals surface area (Å²) < 4.78 is 5.08. The molecule has 1 aromatic heterocycles. The van der Waals surface area contributed by atoms with Crippen LogP contribution >= 0.6 is 0 Å². The second-order valence-electron chi connectivity index (χ2n) is 4.28. The monoisotopic (exact) mass is 264 g/mol. The molecule has 1 amide bonds. The van der Waals surface area contributed by atoms with E-state index in [2.05, 4.69) is 10.5 Å². The summed E-state index contributed by atoms with van der Waals surface area (Å²) in [4.78, 5) is 12.0. The Morgan fingerprint density at radius 3 is 2.70 bits per heavy atom. The summed E-state index contributed by atoms with van der Waals surface area (Å²) in [7, 11) is 0. The Balaban J connectivity index is 1.75. The van der Waals surface area contributed by atoms with Crippen LogP contribution in [0.25, 0.3) is 10.8 Å². The molecule has 0 unspecified atom stereocenters. The van der Waals surface area contributed by atoms with Gasteiger partial charge in [-0.3, -0.25) is 4.79 Å². The van der Waals surface area contributed by atoms with Gasteiger partial charge in [-0.2, -0.15) is 5.10 Å². The van der Waals surface area contributed by atoms with E-state index in [1.165, 1.54) is 6.21 Å². The molecule has 0 saturated heterocycles. The van der Waals surface area contributed by atoms with E-state index in [1.54, 1.807) is 24.5 Å². The number of hydrogen-bond donors (Lipinski definition) is 1. The van der Waals surface area contributed by atoms with Crippen molar-refractivity contribution in [2.75, 3.05) is 0 Å². The van der Waals surface area contributed by atoms with Crippen LogP contribution < -0.4 is 5.43 Å². The molecule has 0 bridgehead atoms. The number of benzene rings is 2. The lowest BCUT2D eigenvalue weighted by Crippen LogP contribution is -2.17. The van der Waals surface area contributed by atoms with Gasteiger partial charge in [0.05, 0.1) is 12.5 Å². The molecule has 0 atom stereocenters. The van der Waals surface area contributed by atoms with E-state index in [-0.39, 0.29) is 5.91 Å². The van der Waals surface area contributed by atoms with Crippen LogP contribution in [0.1, 0.15) is 16.1 Å². The zero-order chi connectivity index (χ0) is 13.8. The number of nitrogens with one attached hydrogen (secondary N) is 1. The lowest BCUT2D eigenvalue weighted by molar-refractivity contribution is 0.0955. The summed E-state index contributed by atoms with van der Waals surface area (Å²) in [6.45, 7) is 0. The third-order valence-corrected chi connectivity index (χ3v) is 2.91. The Labute approximate surface area is 115 Å². The van der Waals surface area contributed by atoms with Gasteiger partial charge >= 0.3 is 0 Å². The average Bonchev–Trinajstić information content (AvgIpc) is 3.00. The second-order valence-corrected chi connectivity index (χ2v) is 4.28. The fraction of sp³-hybridized carbons (Fsp3) is 0. The number of carbonyl (C=O) groups excluding carboxylic acids is 1. The molecular formula is C16H12N2O2. The van der Waals surface area contributed by atoms with E-state index in [9.17, 15) is 4.79 Å². The summed E-state index contributed by atoms with van der Waals surface area (Å²) in [5, 5.41) is 5.98. The number of amides is 1. The molecule has 3 aromatic rings. The van der Waals surface area contributed by atoms with Crippen molar-refractivity contribution in [3.05, 3.63) is 72.2 Å². The van der Waals surface area contributed by atoms with Gasteiger partial charge in [-0.05, 0) is 35.0 Å². The minimum absolute atomic E-state index is 0.251. The van der Waals surface area contributed by atoms with Gasteiger partial charge in [0.1, 0.15) is 5.76 Å². The van der Waals surface area contributed by atoms with Gasteiger partial charge in [-0.15, -0.1) is 0 Å². The molecule has 0 aliphatic heterocycles. The number of fused-ring (bicyclic) bond motifs is 1. The third kappa shape index (κ3) is 2.59. The number of rotatable bonds is 3. The lowest BCUT2D eigenvalue weighted by atomic mass is 10.1. The first-order valence-corrected chi connectivity index (χ1v) is 6.19. The topological polar surface area (TPSA) is 54.6 Å². The highest BCUT2D eigenvalue weighted by molar-refractivity contribution is 5.98. The molecule has 0 spiro atoms. The Kier molecular flexibility index (Phi) is 3.29. The first-order chi connectivity index (χ1) is 9.83. The van der Waals surface area contributed by atoms with Crippen LogP contribution in [0.15, 0.2) is 70.4 Å². The molecule has 0 aliphatic rings. The van der Waals surface area contributed by atoms with Gasteiger partial charge in [-0.25, -0.2) is 5.43 Å². The van der Waals surface area contributed by atoms with E-state index >= 15 is 0 Å². The highest BCUT2D eigenvalue weighted by atomic mass is 16.3. The van der Waals surface area contributed by atoms with E-state index in [0.717, 1.165) is 10.8 Å². The minimum Gasteiger partial charge on any atom is -0.463 e. The molecule has 1 N–H and O–H groups in total. The maximum absolute atomic E-state index is 12.0. The summed E-state index contributed by atoms with van der Waals surface area (Å²) in [5.74, 6) is 0.336. The molecule has 20 heavy (non-hydrogen) atoms. The van der Waals surface area contributed by atoms with Crippen LogP contribution in [-0.4, -0.2) is 12.1 Å². The fourth-order valence-corrected chi connectivity index (χ4v) is 1.91. The predicted octanol–water partition coefficient (Wildman–Crippen LogP) is 3.20. The van der Waals surface area contributed by atoms with Crippen LogP contribution in [0.4, 0.5) is 0 Å². The number of carbonyl (C=O) groups is 1. The van der Waals surface area contributed by atoms with Crippen LogP contribution in [0, 0.1) is 0 Å². The van der Waals surface area contributed by atoms with Crippen molar-refractivity contribution in [1.82, 2.24) is 5.43 Å².